The second-order valence-electron chi connectivity index (χ2n) is 16.2. The van der Waals surface area contributed by atoms with Crippen LogP contribution in [0.4, 0.5) is 17.1 Å². The first kappa shape index (κ1) is 38.5. The van der Waals surface area contributed by atoms with Gasteiger partial charge in [-0.15, -0.1) is 0 Å². The van der Waals surface area contributed by atoms with E-state index in [-0.39, 0.29) is 0 Å². The Morgan fingerprint density at radius 2 is 0.594 bits per heavy atom. The Morgan fingerprint density at radius 1 is 0.297 bits per heavy atom. The zero-order chi connectivity index (χ0) is 42.8. The Hall–Kier alpha value is -8.46. The molecule has 2 nitrogen and oxygen atoms in total. The lowest BCUT2D eigenvalue weighted by atomic mass is 9.98. The molecule has 2 heteroatoms. The van der Waals surface area contributed by atoms with E-state index >= 15 is 0 Å². The molecular weight excluding hydrogens is 773 g/mol. The highest BCUT2D eigenvalue weighted by Crippen LogP contribution is 2.40. The number of hydrogen-bond acceptors (Lipinski definition) is 1. The highest BCUT2D eigenvalue weighted by Gasteiger charge is 2.16. The van der Waals surface area contributed by atoms with Crippen LogP contribution in [-0.4, -0.2) is 4.57 Å². The molecule has 1 heterocycles. The molecule has 0 saturated heterocycles. The fourth-order valence-electron chi connectivity index (χ4n) is 9.02. The van der Waals surface area contributed by atoms with Crippen LogP contribution in [0, 0.1) is 0 Å². The number of hydrogen-bond donors (Lipinski definition) is 0. The lowest BCUT2D eigenvalue weighted by molar-refractivity contribution is 1.18. The standard InChI is InChI=1S/C62H44N2/c1-2-44-18-20-51(21-19-44)53-32-40-61-59(42-53)60-43-54(33-41-62(60)64(61)55-16-10-5-11-17-55)52-24-22-47(23-25-52)50-30-38-58(39-31-50)63(56-34-26-48(27-35-56)45-12-6-3-7-13-45)57-36-28-49(29-37-57)46-14-8-4-9-15-46/h2-43H,1H2. The fourth-order valence-corrected chi connectivity index (χ4v) is 9.02. The highest BCUT2D eigenvalue weighted by atomic mass is 15.1. The molecular formula is C62H44N2. The van der Waals surface area contributed by atoms with E-state index in [9.17, 15) is 0 Å². The molecule has 0 fully saturated rings. The number of fused-ring (bicyclic) bond motifs is 3. The molecule has 0 aliphatic carbocycles. The first-order valence-corrected chi connectivity index (χ1v) is 21.9. The Bertz CT molecular complexity index is 3280. The molecule has 0 atom stereocenters. The van der Waals surface area contributed by atoms with E-state index in [4.69, 9.17) is 0 Å². The van der Waals surface area contributed by atoms with Gasteiger partial charge in [-0.2, -0.15) is 0 Å². The van der Waals surface area contributed by atoms with Crippen molar-refractivity contribution in [3.8, 4) is 61.3 Å². The monoisotopic (exact) mass is 816 g/mol. The largest absolute Gasteiger partial charge is 0.311 e. The first-order valence-electron chi connectivity index (χ1n) is 21.9. The van der Waals surface area contributed by atoms with Crippen molar-refractivity contribution < 1.29 is 0 Å². The lowest BCUT2D eigenvalue weighted by Crippen LogP contribution is -2.09. The molecule has 64 heavy (non-hydrogen) atoms. The minimum atomic E-state index is 1.10. The van der Waals surface area contributed by atoms with Crippen LogP contribution >= 0.6 is 0 Å². The molecule has 302 valence electrons. The topological polar surface area (TPSA) is 8.17 Å². The first-order chi connectivity index (χ1) is 31.7. The Kier molecular flexibility index (Phi) is 10.1. The third kappa shape index (κ3) is 7.38. The zero-order valence-corrected chi connectivity index (χ0v) is 35.4. The smallest absolute Gasteiger partial charge is 0.0541 e. The van der Waals surface area contributed by atoms with Gasteiger partial charge in [0.05, 0.1) is 11.0 Å². The molecule has 10 aromatic carbocycles. The van der Waals surface area contributed by atoms with Gasteiger partial charge in [0.15, 0.2) is 0 Å². The van der Waals surface area contributed by atoms with E-state index < -0.39 is 0 Å². The molecule has 0 aliphatic rings. The summed E-state index contributed by atoms with van der Waals surface area (Å²) in [4.78, 5) is 2.34. The van der Waals surface area contributed by atoms with Gasteiger partial charge in [-0.05, 0) is 134 Å². The third-order valence-corrected chi connectivity index (χ3v) is 12.4. The highest BCUT2D eigenvalue weighted by molar-refractivity contribution is 6.11. The fraction of sp³-hybridized carbons (Fsp3) is 0. The quantitative estimate of drug-likeness (QED) is 0.133. The Labute approximate surface area is 374 Å². The van der Waals surface area contributed by atoms with Crippen molar-refractivity contribution >= 4 is 44.9 Å². The summed E-state index contributed by atoms with van der Waals surface area (Å²) in [7, 11) is 0. The average Bonchev–Trinajstić information content (AvgIpc) is 3.71. The van der Waals surface area contributed by atoms with Gasteiger partial charge in [-0.3, -0.25) is 0 Å². The van der Waals surface area contributed by atoms with Crippen LogP contribution in [0.15, 0.2) is 255 Å². The van der Waals surface area contributed by atoms with E-state index in [0.29, 0.717) is 0 Å². The summed E-state index contributed by atoms with van der Waals surface area (Å²) in [6, 6.07) is 89.8. The van der Waals surface area contributed by atoms with Crippen LogP contribution in [0.1, 0.15) is 5.56 Å². The maximum atomic E-state index is 3.93. The van der Waals surface area contributed by atoms with Gasteiger partial charge in [0.1, 0.15) is 0 Å². The van der Waals surface area contributed by atoms with Crippen LogP contribution in [0.3, 0.4) is 0 Å². The zero-order valence-electron chi connectivity index (χ0n) is 35.4. The van der Waals surface area contributed by atoms with E-state index in [1.807, 2.05) is 6.08 Å². The van der Waals surface area contributed by atoms with Crippen molar-refractivity contribution in [3.05, 3.63) is 261 Å². The molecule has 0 aliphatic heterocycles. The molecule has 0 spiro atoms. The third-order valence-electron chi connectivity index (χ3n) is 12.4. The van der Waals surface area contributed by atoms with Gasteiger partial charge in [0.25, 0.3) is 0 Å². The van der Waals surface area contributed by atoms with Gasteiger partial charge < -0.3 is 9.47 Å². The van der Waals surface area contributed by atoms with E-state index in [0.717, 1.165) is 28.3 Å². The molecule has 0 saturated carbocycles. The molecule has 0 unspecified atom stereocenters. The molecule has 1 aromatic heterocycles. The number of aromatic nitrogens is 1. The summed E-state index contributed by atoms with van der Waals surface area (Å²) in [6.45, 7) is 3.93. The van der Waals surface area contributed by atoms with Gasteiger partial charge in [0.2, 0.25) is 0 Å². The van der Waals surface area contributed by atoms with Crippen molar-refractivity contribution in [2.45, 2.75) is 0 Å². The van der Waals surface area contributed by atoms with Crippen molar-refractivity contribution in [1.29, 1.82) is 0 Å². The second-order valence-corrected chi connectivity index (χ2v) is 16.2. The van der Waals surface area contributed by atoms with Crippen molar-refractivity contribution in [2.75, 3.05) is 4.90 Å². The Morgan fingerprint density at radius 3 is 0.969 bits per heavy atom. The molecule has 0 amide bonds. The maximum absolute atomic E-state index is 3.93. The molecule has 11 rings (SSSR count). The summed E-state index contributed by atoms with van der Waals surface area (Å²) in [5.74, 6) is 0. The number of rotatable bonds is 10. The van der Waals surface area contributed by atoms with Crippen molar-refractivity contribution in [1.82, 2.24) is 4.57 Å². The van der Waals surface area contributed by atoms with E-state index in [1.165, 1.54) is 77.4 Å². The van der Waals surface area contributed by atoms with Gasteiger partial charge in [0, 0.05) is 33.5 Å². The van der Waals surface area contributed by atoms with E-state index in [1.54, 1.807) is 0 Å². The van der Waals surface area contributed by atoms with Crippen LogP contribution in [0.25, 0.3) is 89.2 Å². The second kappa shape index (κ2) is 16.8. The maximum Gasteiger partial charge on any atom is 0.0541 e. The number of benzene rings is 10. The van der Waals surface area contributed by atoms with Crippen LogP contribution in [-0.2, 0) is 0 Å². The number of nitrogens with zero attached hydrogens (tertiary/aromatic N) is 2. The lowest BCUT2D eigenvalue weighted by Gasteiger charge is -2.26. The van der Waals surface area contributed by atoms with E-state index in [2.05, 4.69) is 265 Å². The predicted octanol–water partition coefficient (Wildman–Crippen LogP) is 17.2. The summed E-state index contributed by atoms with van der Waals surface area (Å²) < 4.78 is 2.38. The van der Waals surface area contributed by atoms with Gasteiger partial charge in [-0.1, -0.05) is 189 Å². The minimum absolute atomic E-state index is 1.10. The molecule has 0 bridgehead atoms. The van der Waals surface area contributed by atoms with Crippen LogP contribution in [0.2, 0.25) is 0 Å². The predicted molar refractivity (Wildman–Crippen MR) is 273 cm³/mol. The minimum Gasteiger partial charge on any atom is -0.311 e. The Balaban J connectivity index is 0.916. The summed E-state index contributed by atoms with van der Waals surface area (Å²) in [6.07, 6.45) is 1.89. The van der Waals surface area contributed by atoms with Crippen molar-refractivity contribution in [2.24, 2.45) is 0 Å². The average molecular weight is 817 g/mol. The van der Waals surface area contributed by atoms with Gasteiger partial charge in [-0.25, -0.2) is 0 Å². The molecule has 11 aromatic rings. The van der Waals surface area contributed by atoms with Crippen LogP contribution < -0.4 is 4.90 Å². The summed E-state index contributed by atoms with van der Waals surface area (Å²) in [5, 5.41) is 2.46. The summed E-state index contributed by atoms with van der Waals surface area (Å²) in [5.41, 5.74) is 19.9. The van der Waals surface area contributed by atoms with Crippen LogP contribution in [0.5, 0.6) is 0 Å². The normalized spacial score (nSPS) is 11.2. The number of anilines is 3. The summed E-state index contributed by atoms with van der Waals surface area (Å²) >= 11 is 0. The van der Waals surface area contributed by atoms with Crippen molar-refractivity contribution in [3.63, 3.8) is 0 Å². The SMILES string of the molecule is C=Cc1ccc(-c2ccc3c(c2)c2cc(-c4ccc(-c5ccc(N(c6ccc(-c7ccccc7)cc6)c6ccc(-c7ccccc7)cc6)cc5)cc4)ccc2n3-c2ccccc2)cc1. The number of para-hydroxylation sites is 1. The molecule has 0 N–H and O–H groups in total. The molecule has 0 radical (unpaired) electrons. The van der Waals surface area contributed by atoms with Gasteiger partial charge >= 0.3 is 0 Å².